The molecule has 1 heterocycles. The monoisotopic (exact) mass is 320 g/mol. The van der Waals surface area contributed by atoms with Crippen LogP contribution >= 0.6 is 15.9 Å². The van der Waals surface area contributed by atoms with E-state index in [4.69, 9.17) is 5.11 Å². The van der Waals surface area contributed by atoms with Crippen molar-refractivity contribution in [2.45, 2.75) is 13.8 Å². The summed E-state index contributed by atoms with van der Waals surface area (Å²) in [6, 6.07) is 8.88. The number of carboxylic acid groups (broad SMARTS) is 1. The average Bonchev–Trinajstić information content (AvgIpc) is 2.33. The first-order valence-corrected chi connectivity index (χ1v) is 6.50. The van der Waals surface area contributed by atoms with Gasteiger partial charge in [0.15, 0.2) is 0 Å². The van der Waals surface area contributed by atoms with E-state index in [0.717, 1.165) is 15.7 Å². The van der Waals surface area contributed by atoms with Crippen molar-refractivity contribution in [1.29, 1.82) is 0 Å². The molecular formula is C14H13BrN2O2. The van der Waals surface area contributed by atoms with Gasteiger partial charge in [-0.05, 0) is 43.7 Å². The molecule has 0 spiro atoms. The number of hydrogen-bond acceptors (Lipinski definition) is 3. The molecule has 0 aliphatic heterocycles. The third kappa shape index (κ3) is 3.32. The lowest BCUT2D eigenvalue weighted by Crippen LogP contribution is -2.02. The zero-order chi connectivity index (χ0) is 14.0. The summed E-state index contributed by atoms with van der Waals surface area (Å²) in [5.41, 5.74) is 2.87. The minimum absolute atomic E-state index is 0.223. The number of aryl methyl sites for hydroxylation is 2. The summed E-state index contributed by atoms with van der Waals surface area (Å²) >= 11 is 3.46. The molecule has 19 heavy (non-hydrogen) atoms. The van der Waals surface area contributed by atoms with Crippen LogP contribution in [0.5, 0.6) is 0 Å². The Balaban J connectivity index is 2.32. The van der Waals surface area contributed by atoms with Gasteiger partial charge in [0.2, 0.25) is 0 Å². The van der Waals surface area contributed by atoms with Crippen LogP contribution in [0, 0.1) is 13.8 Å². The van der Waals surface area contributed by atoms with Gasteiger partial charge in [0, 0.05) is 15.9 Å². The molecule has 0 bridgehead atoms. The van der Waals surface area contributed by atoms with Crippen LogP contribution in [0.25, 0.3) is 0 Å². The molecule has 0 saturated heterocycles. The number of carbonyl (C=O) groups is 1. The molecule has 2 N–H and O–H groups in total. The normalized spacial score (nSPS) is 10.3. The highest BCUT2D eigenvalue weighted by Gasteiger charge is 2.07. The molecule has 4 nitrogen and oxygen atoms in total. The standard InChI is InChI=1S/C14H13BrN2O2/c1-8-3-4-11(7-12(8)15)17-13-6-10(14(18)19)5-9(2)16-13/h3-7H,1-2H3,(H,16,17)(H,18,19). The maximum absolute atomic E-state index is 11.0. The summed E-state index contributed by atoms with van der Waals surface area (Å²) in [7, 11) is 0. The third-order valence-electron chi connectivity index (χ3n) is 2.64. The molecule has 5 heteroatoms. The zero-order valence-electron chi connectivity index (χ0n) is 10.6. The minimum atomic E-state index is -0.960. The van der Waals surface area contributed by atoms with Gasteiger partial charge in [0.25, 0.3) is 0 Å². The number of nitrogens with one attached hydrogen (secondary N) is 1. The molecule has 0 saturated carbocycles. The molecule has 0 aliphatic carbocycles. The number of halogens is 1. The van der Waals surface area contributed by atoms with E-state index in [1.54, 1.807) is 13.0 Å². The van der Waals surface area contributed by atoms with Crippen LogP contribution in [0.4, 0.5) is 11.5 Å². The van der Waals surface area contributed by atoms with Crippen molar-refractivity contribution in [3.05, 3.63) is 51.6 Å². The molecule has 0 atom stereocenters. The highest BCUT2D eigenvalue weighted by molar-refractivity contribution is 9.10. The Morgan fingerprint density at radius 3 is 2.63 bits per heavy atom. The van der Waals surface area contributed by atoms with Crippen molar-refractivity contribution in [3.63, 3.8) is 0 Å². The van der Waals surface area contributed by atoms with Crippen molar-refractivity contribution >= 4 is 33.4 Å². The van der Waals surface area contributed by atoms with Gasteiger partial charge in [-0.25, -0.2) is 9.78 Å². The minimum Gasteiger partial charge on any atom is -0.478 e. The fraction of sp³-hybridized carbons (Fsp3) is 0.143. The van der Waals surface area contributed by atoms with Crippen LogP contribution in [0.2, 0.25) is 0 Å². The Kier molecular flexibility index (Phi) is 3.85. The number of carboxylic acids is 1. The predicted molar refractivity (Wildman–Crippen MR) is 78.1 cm³/mol. The number of rotatable bonds is 3. The van der Waals surface area contributed by atoms with E-state index >= 15 is 0 Å². The highest BCUT2D eigenvalue weighted by Crippen LogP contribution is 2.23. The Labute approximate surface area is 119 Å². The lowest BCUT2D eigenvalue weighted by molar-refractivity contribution is 0.0696. The van der Waals surface area contributed by atoms with Crippen molar-refractivity contribution in [3.8, 4) is 0 Å². The SMILES string of the molecule is Cc1cc(C(=O)O)cc(Nc2ccc(C)c(Br)c2)n1. The topological polar surface area (TPSA) is 62.2 Å². The number of nitrogens with zero attached hydrogens (tertiary/aromatic N) is 1. The summed E-state index contributed by atoms with van der Waals surface area (Å²) < 4.78 is 0.989. The Hall–Kier alpha value is -1.88. The van der Waals surface area contributed by atoms with E-state index in [1.807, 2.05) is 25.1 Å². The lowest BCUT2D eigenvalue weighted by Gasteiger charge is -2.09. The van der Waals surface area contributed by atoms with Gasteiger partial charge in [-0.2, -0.15) is 0 Å². The van der Waals surface area contributed by atoms with Crippen molar-refractivity contribution in [2.24, 2.45) is 0 Å². The first-order valence-electron chi connectivity index (χ1n) is 5.71. The molecule has 2 aromatic rings. The van der Waals surface area contributed by atoms with E-state index in [0.29, 0.717) is 11.5 Å². The Morgan fingerprint density at radius 1 is 1.26 bits per heavy atom. The molecule has 0 fully saturated rings. The molecule has 0 aliphatic rings. The van der Waals surface area contributed by atoms with E-state index in [1.165, 1.54) is 6.07 Å². The van der Waals surface area contributed by atoms with Gasteiger partial charge in [0.05, 0.1) is 5.56 Å². The maximum Gasteiger partial charge on any atom is 0.335 e. The number of hydrogen-bond donors (Lipinski definition) is 2. The van der Waals surface area contributed by atoms with E-state index in [2.05, 4.69) is 26.2 Å². The molecule has 1 aromatic carbocycles. The summed E-state index contributed by atoms with van der Waals surface area (Å²) in [5, 5.41) is 12.1. The smallest absolute Gasteiger partial charge is 0.335 e. The molecular weight excluding hydrogens is 308 g/mol. The largest absolute Gasteiger partial charge is 0.478 e. The molecule has 0 unspecified atom stereocenters. The molecule has 1 aromatic heterocycles. The fourth-order valence-electron chi connectivity index (χ4n) is 1.67. The van der Waals surface area contributed by atoms with Gasteiger partial charge < -0.3 is 10.4 Å². The van der Waals surface area contributed by atoms with Gasteiger partial charge in [-0.3, -0.25) is 0 Å². The van der Waals surface area contributed by atoms with Crippen LogP contribution < -0.4 is 5.32 Å². The van der Waals surface area contributed by atoms with Gasteiger partial charge in [-0.15, -0.1) is 0 Å². The second kappa shape index (κ2) is 5.40. The van der Waals surface area contributed by atoms with E-state index < -0.39 is 5.97 Å². The van der Waals surface area contributed by atoms with Crippen LogP contribution in [0.15, 0.2) is 34.8 Å². The molecule has 2 rings (SSSR count). The fourth-order valence-corrected chi connectivity index (χ4v) is 2.05. The number of benzene rings is 1. The van der Waals surface area contributed by atoms with E-state index in [-0.39, 0.29) is 5.56 Å². The third-order valence-corrected chi connectivity index (χ3v) is 3.50. The number of anilines is 2. The van der Waals surface area contributed by atoms with Crippen LogP contribution in [-0.2, 0) is 0 Å². The predicted octanol–water partition coefficient (Wildman–Crippen LogP) is 3.90. The van der Waals surface area contributed by atoms with Crippen molar-refractivity contribution in [1.82, 2.24) is 4.98 Å². The van der Waals surface area contributed by atoms with Crippen molar-refractivity contribution in [2.75, 3.05) is 5.32 Å². The first kappa shape index (κ1) is 13.5. The van der Waals surface area contributed by atoms with Gasteiger partial charge in [-0.1, -0.05) is 22.0 Å². The summed E-state index contributed by atoms with van der Waals surface area (Å²) in [6.45, 7) is 3.77. The summed E-state index contributed by atoms with van der Waals surface area (Å²) in [5.74, 6) is -0.438. The van der Waals surface area contributed by atoms with Crippen LogP contribution in [0.1, 0.15) is 21.6 Å². The van der Waals surface area contributed by atoms with Gasteiger partial charge >= 0.3 is 5.97 Å². The number of aromatic carboxylic acids is 1. The quantitative estimate of drug-likeness (QED) is 0.900. The number of aromatic nitrogens is 1. The second-order valence-electron chi connectivity index (χ2n) is 4.28. The summed E-state index contributed by atoms with van der Waals surface area (Å²) in [4.78, 5) is 15.3. The lowest BCUT2D eigenvalue weighted by atomic mass is 10.2. The second-order valence-corrected chi connectivity index (χ2v) is 5.13. The first-order chi connectivity index (χ1) is 8.95. The molecule has 0 amide bonds. The molecule has 0 radical (unpaired) electrons. The Bertz CT molecular complexity index is 641. The van der Waals surface area contributed by atoms with Gasteiger partial charge in [0.1, 0.15) is 5.82 Å². The van der Waals surface area contributed by atoms with E-state index in [9.17, 15) is 4.79 Å². The van der Waals surface area contributed by atoms with Crippen LogP contribution in [-0.4, -0.2) is 16.1 Å². The maximum atomic E-state index is 11.0. The van der Waals surface area contributed by atoms with Crippen molar-refractivity contribution < 1.29 is 9.90 Å². The zero-order valence-corrected chi connectivity index (χ0v) is 12.2. The average molecular weight is 321 g/mol. The number of pyridine rings is 1. The molecule has 98 valence electrons. The van der Waals surface area contributed by atoms with Crippen LogP contribution in [0.3, 0.4) is 0 Å². The Morgan fingerprint density at radius 2 is 2.00 bits per heavy atom. The summed E-state index contributed by atoms with van der Waals surface area (Å²) in [6.07, 6.45) is 0. The highest BCUT2D eigenvalue weighted by atomic mass is 79.9.